The number of anilines is 1. The SMILES string of the molecule is O=C(O[C@H]1CCCCC1=O)c1ccc(NC(=O)c2cccs2)cc1. The quantitative estimate of drug-likeness (QED) is 0.860. The fourth-order valence-corrected chi connectivity index (χ4v) is 3.18. The van der Waals surface area contributed by atoms with E-state index in [1.807, 2.05) is 11.4 Å². The average molecular weight is 343 g/mol. The molecule has 1 amide bonds. The molecular formula is C18H17NO4S. The summed E-state index contributed by atoms with van der Waals surface area (Å²) in [6, 6.07) is 10.0. The van der Waals surface area contributed by atoms with Gasteiger partial charge in [-0.2, -0.15) is 0 Å². The molecule has 1 atom stereocenters. The van der Waals surface area contributed by atoms with Gasteiger partial charge in [-0.1, -0.05) is 6.07 Å². The largest absolute Gasteiger partial charge is 0.451 e. The van der Waals surface area contributed by atoms with Gasteiger partial charge in [0.2, 0.25) is 0 Å². The number of esters is 1. The zero-order valence-corrected chi connectivity index (χ0v) is 13.8. The number of hydrogen-bond donors (Lipinski definition) is 1. The van der Waals surface area contributed by atoms with E-state index in [0.29, 0.717) is 29.0 Å². The summed E-state index contributed by atoms with van der Waals surface area (Å²) in [4.78, 5) is 36.4. The number of amides is 1. The molecule has 3 rings (SSSR count). The molecular weight excluding hydrogens is 326 g/mol. The number of ether oxygens (including phenoxy) is 1. The lowest BCUT2D eigenvalue weighted by atomic mass is 9.96. The van der Waals surface area contributed by atoms with Crippen LogP contribution in [0.1, 0.15) is 45.7 Å². The number of thiophene rings is 1. The van der Waals surface area contributed by atoms with E-state index in [9.17, 15) is 14.4 Å². The molecule has 1 aromatic heterocycles. The molecule has 1 heterocycles. The third-order valence-corrected chi connectivity index (χ3v) is 4.74. The molecule has 5 nitrogen and oxygen atoms in total. The average Bonchev–Trinajstić information content (AvgIpc) is 3.12. The first-order chi connectivity index (χ1) is 11.6. The summed E-state index contributed by atoms with van der Waals surface area (Å²) < 4.78 is 5.30. The van der Waals surface area contributed by atoms with Gasteiger partial charge in [-0.3, -0.25) is 9.59 Å². The zero-order chi connectivity index (χ0) is 16.9. The van der Waals surface area contributed by atoms with E-state index < -0.39 is 12.1 Å². The van der Waals surface area contributed by atoms with Crippen LogP contribution in [0.2, 0.25) is 0 Å². The molecule has 0 saturated heterocycles. The third kappa shape index (κ3) is 3.89. The van der Waals surface area contributed by atoms with Crippen molar-refractivity contribution >= 4 is 34.7 Å². The van der Waals surface area contributed by atoms with Gasteiger partial charge < -0.3 is 10.1 Å². The third-order valence-electron chi connectivity index (χ3n) is 3.87. The highest BCUT2D eigenvalue weighted by Gasteiger charge is 2.26. The Morgan fingerprint density at radius 3 is 2.58 bits per heavy atom. The van der Waals surface area contributed by atoms with Crippen LogP contribution in [-0.2, 0) is 9.53 Å². The van der Waals surface area contributed by atoms with Gasteiger partial charge in [0, 0.05) is 12.1 Å². The predicted molar refractivity (Wildman–Crippen MR) is 91.4 cm³/mol. The lowest BCUT2D eigenvalue weighted by molar-refractivity contribution is -0.129. The molecule has 1 N–H and O–H groups in total. The Balaban J connectivity index is 1.60. The number of benzene rings is 1. The molecule has 1 aromatic carbocycles. The summed E-state index contributed by atoms with van der Waals surface area (Å²) in [5, 5.41) is 4.60. The first-order valence-corrected chi connectivity index (χ1v) is 8.70. The summed E-state index contributed by atoms with van der Waals surface area (Å²) in [5.74, 6) is -0.700. The molecule has 1 aliphatic rings. The smallest absolute Gasteiger partial charge is 0.338 e. The number of carbonyl (C=O) groups excluding carboxylic acids is 3. The van der Waals surface area contributed by atoms with Gasteiger partial charge in [0.25, 0.3) is 5.91 Å². The van der Waals surface area contributed by atoms with Crippen LogP contribution < -0.4 is 5.32 Å². The monoisotopic (exact) mass is 343 g/mol. The highest BCUT2D eigenvalue weighted by molar-refractivity contribution is 7.12. The Morgan fingerprint density at radius 2 is 1.92 bits per heavy atom. The van der Waals surface area contributed by atoms with Crippen LogP contribution in [0.5, 0.6) is 0 Å². The topological polar surface area (TPSA) is 72.5 Å². The van der Waals surface area contributed by atoms with E-state index in [-0.39, 0.29) is 11.7 Å². The maximum atomic E-state index is 12.1. The number of Topliss-reactive ketones (excluding diaryl/α,β-unsaturated/α-hetero) is 1. The van der Waals surface area contributed by atoms with Gasteiger partial charge in [-0.05, 0) is 55.0 Å². The molecule has 0 unspecified atom stereocenters. The summed E-state index contributed by atoms with van der Waals surface area (Å²) in [6.45, 7) is 0. The van der Waals surface area contributed by atoms with Gasteiger partial charge >= 0.3 is 5.97 Å². The summed E-state index contributed by atoms with van der Waals surface area (Å²) in [5.41, 5.74) is 0.959. The Hall–Kier alpha value is -2.47. The van der Waals surface area contributed by atoms with E-state index in [1.54, 1.807) is 30.3 Å². The van der Waals surface area contributed by atoms with Crippen LogP contribution in [-0.4, -0.2) is 23.8 Å². The van der Waals surface area contributed by atoms with Gasteiger partial charge in [0.15, 0.2) is 11.9 Å². The Morgan fingerprint density at radius 1 is 1.12 bits per heavy atom. The fraction of sp³-hybridized carbons (Fsp3) is 0.278. The number of carbonyl (C=O) groups is 3. The minimum atomic E-state index is -0.621. The highest BCUT2D eigenvalue weighted by Crippen LogP contribution is 2.20. The fourth-order valence-electron chi connectivity index (χ4n) is 2.56. The molecule has 1 fully saturated rings. The van der Waals surface area contributed by atoms with Crippen molar-refractivity contribution in [2.45, 2.75) is 31.8 Å². The van der Waals surface area contributed by atoms with Crippen molar-refractivity contribution < 1.29 is 19.1 Å². The van der Waals surface area contributed by atoms with Crippen molar-refractivity contribution in [3.05, 3.63) is 52.2 Å². The first kappa shape index (κ1) is 16.4. The van der Waals surface area contributed by atoms with Crippen LogP contribution in [0, 0.1) is 0 Å². The van der Waals surface area contributed by atoms with Crippen LogP contribution >= 0.6 is 11.3 Å². The number of ketones is 1. The molecule has 0 spiro atoms. The lowest BCUT2D eigenvalue weighted by Crippen LogP contribution is -2.30. The van der Waals surface area contributed by atoms with E-state index in [0.717, 1.165) is 12.8 Å². The maximum Gasteiger partial charge on any atom is 0.338 e. The second kappa shape index (κ2) is 7.40. The summed E-state index contributed by atoms with van der Waals surface area (Å²) in [7, 11) is 0. The van der Waals surface area contributed by atoms with E-state index in [4.69, 9.17) is 4.74 Å². The van der Waals surface area contributed by atoms with Crippen LogP contribution in [0.15, 0.2) is 41.8 Å². The van der Waals surface area contributed by atoms with Crippen molar-refractivity contribution in [1.82, 2.24) is 0 Å². The molecule has 1 saturated carbocycles. The van der Waals surface area contributed by atoms with Crippen molar-refractivity contribution in [3.8, 4) is 0 Å². The van der Waals surface area contributed by atoms with Crippen molar-refractivity contribution in [3.63, 3.8) is 0 Å². The molecule has 1 aliphatic carbocycles. The number of hydrogen-bond acceptors (Lipinski definition) is 5. The zero-order valence-electron chi connectivity index (χ0n) is 13.0. The minimum Gasteiger partial charge on any atom is -0.451 e. The minimum absolute atomic E-state index is 0.00516. The number of rotatable bonds is 4. The maximum absolute atomic E-state index is 12.1. The molecule has 0 bridgehead atoms. The molecule has 0 radical (unpaired) electrons. The van der Waals surface area contributed by atoms with Gasteiger partial charge in [0.05, 0.1) is 10.4 Å². The molecule has 124 valence electrons. The van der Waals surface area contributed by atoms with Gasteiger partial charge in [-0.15, -0.1) is 11.3 Å². The molecule has 6 heteroatoms. The van der Waals surface area contributed by atoms with Crippen LogP contribution in [0.4, 0.5) is 5.69 Å². The van der Waals surface area contributed by atoms with E-state index in [2.05, 4.69) is 5.32 Å². The summed E-state index contributed by atoms with van der Waals surface area (Å²) in [6.07, 6.45) is 2.22. The van der Waals surface area contributed by atoms with Gasteiger partial charge in [0.1, 0.15) is 0 Å². The second-order valence-corrected chi connectivity index (χ2v) is 6.56. The summed E-state index contributed by atoms with van der Waals surface area (Å²) >= 11 is 1.36. The first-order valence-electron chi connectivity index (χ1n) is 7.82. The second-order valence-electron chi connectivity index (χ2n) is 5.61. The van der Waals surface area contributed by atoms with Crippen molar-refractivity contribution in [1.29, 1.82) is 0 Å². The Bertz CT molecular complexity index is 737. The Kier molecular flexibility index (Phi) is 5.05. The van der Waals surface area contributed by atoms with E-state index in [1.165, 1.54) is 11.3 Å². The van der Waals surface area contributed by atoms with Crippen molar-refractivity contribution in [2.75, 3.05) is 5.32 Å². The van der Waals surface area contributed by atoms with Crippen molar-refractivity contribution in [2.24, 2.45) is 0 Å². The van der Waals surface area contributed by atoms with Crippen LogP contribution in [0.25, 0.3) is 0 Å². The highest BCUT2D eigenvalue weighted by atomic mass is 32.1. The lowest BCUT2D eigenvalue weighted by Gasteiger charge is -2.20. The molecule has 2 aromatic rings. The number of nitrogens with one attached hydrogen (secondary N) is 1. The van der Waals surface area contributed by atoms with Gasteiger partial charge in [-0.25, -0.2) is 4.79 Å². The van der Waals surface area contributed by atoms with E-state index >= 15 is 0 Å². The Labute approximate surface area is 143 Å². The predicted octanol–water partition coefficient (Wildman–Crippen LogP) is 3.67. The standard InChI is InChI=1S/C18H17NO4S/c20-14-4-1-2-5-15(14)23-18(22)12-7-9-13(10-8-12)19-17(21)16-6-3-11-24-16/h3,6-11,15H,1-2,4-5H2,(H,19,21)/t15-/m0/s1. The molecule has 0 aliphatic heterocycles. The molecule has 24 heavy (non-hydrogen) atoms. The van der Waals surface area contributed by atoms with Crippen LogP contribution in [0.3, 0.4) is 0 Å². The normalized spacial score (nSPS) is 17.3.